The van der Waals surface area contributed by atoms with Crippen molar-refractivity contribution in [2.45, 2.75) is 38.3 Å². The second kappa shape index (κ2) is 4.05. The van der Waals surface area contributed by atoms with E-state index in [1.807, 2.05) is 0 Å². The number of carbonyl (C=O) groups excluding carboxylic acids is 2. The summed E-state index contributed by atoms with van der Waals surface area (Å²) in [5, 5.41) is 8.66. The van der Waals surface area contributed by atoms with E-state index in [0.717, 1.165) is 0 Å². The fraction of sp³-hybridized carbons (Fsp3) is 0.818. The van der Waals surface area contributed by atoms with Gasteiger partial charge in [-0.1, -0.05) is 0 Å². The van der Waals surface area contributed by atoms with E-state index in [1.54, 1.807) is 0 Å². The van der Waals surface area contributed by atoms with Gasteiger partial charge >= 0.3 is 0 Å². The van der Waals surface area contributed by atoms with Gasteiger partial charge in [-0.25, -0.2) is 0 Å². The number of nitrogens with one attached hydrogen (secondary N) is 3. The summed E-state index contributed by atoms with van der Waals surface area (Å²) in [7, 11) is 0. The molecule has 1 heterocycles. The highest BCUT2D eigenvalue weighted by atomic mass is 16.2. The Bertz CT molecular complexity index is 300. The molecule has 2 fully saturated rings. The minimum Gasteiger partial charge on any atom is -0.353 e. The molecule has 1 saturated carbocycles. The monoisotopic (exact) mass is 225 g/mol. The van der Waals surface area contributed by atoms with Crippen LogP contribution in [-0.4, -0.2) is 36.5 Å². The van der Waals surface area contributed by atoms with Gasteiger partial charge in [0.2, 0.25) is 11.8 Å². The molecule has 0 spiro atoms. The van der Waals surface area contributed by atoms with Crippen LogP contribution in [0.15, 0.2) is 0 Å². The van der Waals surface area contributed by atoms with E-state index in [-0.39, 0.29) is 29.9 Å². The molecular formula is C11H19N3O2. The van der Waals surface area contributed by atoms with Gasteiger partial charge in [-0.05, 0) is 32.6 Å². The predicted molar refractivity (Wildman–Crippen MR) is 59.7 cm³/mol. The third-order valence-corrected chi connectivity index (χ3v) is 3.37. The lowest BCUT2D eigenvalue weighted by molar-refractivity contribution is -0.127. The zero-order valence-corrected chi connectivity index (χ0v) is 9.80. The second-order valence-corrected chi connectivity index (χ2v) is 5.22. The maximum Gasteiger partial charge on any atom is 0.239 e. The first-order chi connectivity index (χ1) is 7.49. The van der Waals surface area contributed by atoms with E-state index in [9.17, 15) is 9.59 Å². The third kappa shape index (κ3) is 2.52. The molecule has 2 amide bonds. The van der Waals surface area contributed by atoms with Crippen LogP contribution in [-0.2, 0) is 9.59 Å². The van der Waals surface area contributed by atoms with Crippen LogP contribution >= 0.6 is 0 Å². The number of carbonyl (C=O) groups is 2. The maximum atomic E-state index is 11.9. The van der Waals surface area contributed by atoms with Crippen molar-refractivity contribution < 1.29 is 9.59 Å². The number of rotatable bonds is 3. The van der Waals surface area contributed by atoms with Crippen molar-refractivity contribution >= 4 is 11.8 Å². The summed E-state index contributed by atoms with van der Waals surface area (Å²) in [4.78, 5) is 22.9. The van der Waals surface area contributed by atoms with Crippen molar-refractivity contribution in [1.82, 2.24) is 16.0 Å². The summed E-state index contributed by atoms with van der Waals surface area (Å²) in [6, 6.07) is -0.296. The Labute approximate surface area is 95.3 Å². The largest absolute Gasteiger partial charge is 0.353 e. The molecule has 1 aliphatic heterocycles. The minimum absolute atomic E-state index is 0.0168. The number of piperazine rings is 1. The molecule has 1 aliphatic carbocycles. The van der Waals surface area contributed by atoms with Crippen molar-refractivity contribution in [1.29, 1.82) is 0 Å². The fourth-order valence-corrected chi connectivity index (χ4v) is 2.06. The Morgan fingerprint density at radius 2 is 2.12 bits per heavy atom. The number of hydrogen-bond acceptors (Lipinski definition) is 3. The summed E-state index contributed by atoms with van der Waals surface area (Å²) < 4.78 is 0. The zero-order chi connectivity index (χ0) is 11.8. The summed E-state index contributed by atoms with van der Waals surface area (Å²) in [6.45, 7) is 4.72. The molecule has 1 unspecified atom stereocenters. The quantitative estimate of drug-likeness (QED) is 0.599. The van der Waals surface area contributed by atoms with Crippen molar-refractivity contribution in [2.75, 3.05) is 13.1 Å². The topological polar surface area (TPSA) is 70.2 Å². The molecule has 1 atom stereocenters. The normalized spacial score (nSPS) is 26.1. The molecule has 0 aromatic heterocycles. The standard InChI is InChI=1S/C11H19N3O2/c1-11(2,7-3-4-7)14-10(16)8-5-13-9(15)6-12-8/h7-8,12H,3-6H2,1-2H3,(H,13,15)(H,14,16). The molecule has 90 valence electrons. The van der Waals surface area contributed by atoms with Crippen LogP contribution < -0.4 is 16.0 Å². The molecule has 5 heteroatoms. The molecule has 0 aromatic rings. The Balaban J connectivity index is 1.85. The smallest absolute Gasteiger partial charge is 0.239 e. The molecule has 2 aliphatic rings. The summed E-state index contributed by atoms with van der Waals surface area (Å²) in [5.74, 6) is 0.539. The fourth-order valence-electron chi connectivity index (χ4n) is 2.06. The minimum atomic E-state index is -0.296. The molecule has 1 saturated heterocycles. The van der Waals surface area contributed by atoms with Gasteiger partial charge in [0.05, 0.1) is 6.54 Å². The lowest BCUT2D eigenvalue weighted by Crippen LogP contribution is -2.61. The number of hydrogen-bond donors (Lipinski definition) is 3. The van der Waals surface area contributed by atoms with Crippen LogP contribution in [0.1, 0.15) is 26.7 Å². The van der Waals surface area contributed by atoms with Gasteiger partial charge in [0.15, 0.2) is 0 Å². The van der Waals surface area contributed by atoms with Crippen LogP contribution in [0.25, 0.3) is 0 Å². The van der Waals surface area contributed by atoms with Gasteiger partial charge in [0.1, 0.15) is 6.04 Å². The highest BCUT2D eigenvalue weighted by molar-refractivity contribution is 5.87. The first-order valence-electron chi connectivity index (χ1n) is 5.81. The number of amides is 2. The van der Waals surface area contributed by atoms with E-state index < -0.39 is 0 Å². The summed E-state index contributed by atoms with van der Waals surface area (Å²) in [6.07, 6.45) is 2.39. The average molecular weight is 225 g/mol. The van der Waals surface area contributed by atoms with Crippen molar-refractivity contribution in [2.24, 2.45) is 5.92 Å². The predicted octanol–water partition coefficient (Wildman–Crippen LogP) is -0.621. The molecule has 5 nitrogen and oxygen atoms in total. The first kappa shape index (κ1) is 11.4. The molecule has 2 rings (SSSR count). The van der Waals surface area contributed by atoms with Crippen LogP contribution in [0.5, 0.6) is 0 Å². The van der Waals surface area contributed by atoms with E-state index in [1.165, 1.54) is 12.8 Å². The van der Waals surface area contributed by atoms with Crippen LogP contribution in [0, 0.1) is 5.92 Å². The van der Waals surface area contributed by atoms with Crippen LogP contribution in [0.2, 0.25) is 0 Å². The summed E-state index contributed by atoms with van der Waals surface area (Å²) >= 11 is 0. The second-order valence-electron chi connectivity index (χ2n) is 5.22. The lowest BCUT2D eigenvalue weighted by atomic mass is 9.98. The molecular weight excluding hydrogens is 206 g/mol. The van der Waals surface area contributed by atoms with Crippen molar-refractivity contribution in [3.8, 4) is 0 Å². The summed E-state index contributed by atoms with van der Waals surface area (Å²) in [5.41, 5.74) is -0.125. The van der Waals surface area contributed by atoms with E-state index >= 15 is 0 Å². The Kier molecular flexibility index (Phi) is 2.88. The Hall–Kier alpha value is -1.10. The van der Waals surface area contributed by atoms with Crippen LogP contribution in [0.4, 0.5) is 0 Å². The van der Waals surface area contributed by atoms with E-state index in [0.29, 0.717) is 12.5 Å². The zero-order valence-electron chi connectivity index (χ0n) is 9.80. The average Bonchev–Trinajstić information content (AvgIpc) is 3.01. The van der Waals surface area contributed by atoms with Crippen LogP contribution in [0.3, 0.4) is 0 Å². The van der Waals surface area contributed by atoms with Gasteiger partial charge in [-0.2, -0.15) is 0 Å². The van der Waals surface area contributed by atoms with Crippen molar-refractivity contribution in [3.05, 3.63) is 0 Å². The van der Waals surface area contributed by atoms with Gasteiger partial charge < -0.3 is 10.6 Å². The van der Waals surface area contributed by atoms with Crippen molar-refractivity contribution in [3.63, 3.8) is 0 Å². The van der Waals surface area contributed by atoms with Gasteiger partial charge in [-0.3, -0.25) is 14.9 Å². The SMILES string of the molecule is CC(C)(NC(=O)C1CNC(=O)CN1)C1CC1. The third-order valence-electron chi connectivity index (χ3n) is 3.37. The lowest BCUT2D eigenvalue weighted by Gasteiger charge is -2.30. The molecule has 0 radical (unpaired) electrons. The Morgan fingerprint density at radius 1 is 1.44 bits per heavy atom. The highest BCUT2D eigenvalue weighted by Crippen LogP contribution is 2.39. The molecule has 3 N–H and O–H groups in total. The highest BCUT2D eigenvalue weighted by Gasteiger charge is 2.40. The maximum absolute atomic E-state index is 11.9. The van der Waals surface area contributed by atoms with E-state index in [4.69, 9.17) is 0 Å². The molecule has 0 aromatic carbocycles. The molecule has 16 heavy (non-hydrogen) atoms. The molecule has 0 bridgehead atoms. The van der Waals surface area contributed by atoms with Gasteiger partial charge in [0.25, 0.3) is 0 Å². The van der Waals surface area contributed by atoms with Gasteiger partial charge in [-0.15, -0.1) is 0 Å². The van der Waals surface area contributed by atoms with E-state index in [2.05, 4.69) is 29.8 Å². The Morgan fingerprint density at radius 3 is 2.62 bits per heavy atom. The first-order valence-corrected chi connectivity index (χ1v) is 5.81. The van der Waals surface area contributed by atoms with Gasteiger partial charge in [0, 0.05) is 12.1 Å².